The van der Waals surface area contributed by atoms with Crippen molar-refractivity contribution < 1.29 is 8.42 Å². The van der Waals surface area contributed by atoms with Crippen LogP contribution in [-0.4, -0.2) is 36.8 Å². The van der Waals surface area contributed by atoms with Crippen molar-refractivity contribution in [3.63, 3.8) is 0 Å². The lowest BCUT2D eigenvalue weighted by Gasteiger charge is -2.32. The number of hydrogen-bond acceptors (Lipinski definition) is 6. The Kier molecular flexibility index (Phi) is 4.89. The van der Waals surface area contributed by atoms with Crippen molar-refractivity contribution in [3.8, 4) is 10.6 Å². The average Bonchev–Trinajstić information content (AvgIpc) is 3.16. The van der Waals surface area contributed by atoms with Crippen molar-refractivity contribution in [2.45, 2.75) is 36.9 Å². The van der Waals surface area contributed by atoms with Crippen LogP contribution < -0.4 is 5.73 Å². The summed E-state index contributed by atoms with van der Waals surface area (Å²) < 4.78 is 27.6. The first kappa shape index (κ1) is 17.0. The topological polar surface area (TPSA) is 76.3 Å². The van der Waals surface area contributed by atoms with E-state index in [1.807, 2.05) is 25.3 Å². The van der Waals surface area contributed by atoms with Gasteiger partial charge in [-0.15, -0.1) is 22.7 Å². The van der Waals surface area contributed by atoms with E-state index < -0.39 is 10.0 Å². The summed E-state index contributed by atoms with van der Waals surface area (Å²) in [7, 11) is -3.40. The molecule has 1 saturated heterocycles. The number of hydrogen-bond donors (Lipinski definition) is 1. The Morgan fingerprint density at radius 1 is 1.35 bits per heavy atom. The number of aromatic nitrogens is 1. The molecule has 0 bridgehead atoms. The predicted octanol–water partition coefficient (Wildman–Crippen LogP) is 2.93. The zero-order valence-electron chi connectivity index (χ0n) is 13.2. The van der Waals surface area contributed by atoms with Crippen molar-refractivity contribution in [2.24, 2.45) is 11.7 Å². The number of rotatable bonds is 4. The molecule has 0 aromatic carbocycles. The van der Waals surface area contributed by atoms with Crippen molar-refractivity contribution >= 4 is 32.7 Å². The van der Waals surface area contributed by atoms with E-state index in [0.29, 0.717) is 23.2 Å². The Morgan fingerprint density at radius 3 is 2.61 bits per heavy atom. The molecule has 5 nitrogen and oxygen atoms in total. The molecule has 3 heterocycles. The van der Waals surface area contributed by atoms with Gasteiger partial charge in [-0.3, -0.25) is 0 Å². The van der Waals surface area contributed by atoms with E-state index in [2.05, 4.69) is 4.98 Å². The number of thiazole rings is 1. The summed E-state index contributed by atoms with van der Waals surface area (Å²) in [5, 5.41) is 2.95. The van der Waals surface area contributed by atoms with Crippen LogP contribution in [0, 0.1) is 12.8 Å². The molecule has 0 radical (unpaired) electrons. The third kappa shape index (κ3) is 3.51. The van der Waals surface area contributed by atoms with Crippen LogP contribution in [0.5, 0.6) is 0 Å². The lowest BCUT2D eigenvalue weighted by Crippen LogP contribution is -2.42. The van der Waals surface area contributed by atoms with E-state index >= 15 is 0 Å². The smallest absolute Gasteiger partial charge is 0.252 e. The molecule has 126 valence electrons. The summed E-state index contributed by atoms with van der Waals surface area (Å²) in [5.74, 6) is 0.415. The van der Waals surface area contributed by atoms with Gasteiger partial charge in [0.25, 0.3) is 10.0 Å². The van der Waals surface area contributed by atoms with Gasteiger partial charge in [0.15, 0.2) is 0 Å². The fraction of sp³-hybridized carbons (Fsp3) is 0.533. The molecule has 23 heavy (non-hydrogen) atoms. The molecule has 8 heteroatoms. The maximum absolute atomic E-state index is 12.8. The number of piperidine rings is 1. The lowest BCUT2D eigenvalue weighted by atomic mass is 9.92. The van der Waals surface area contributed by atoms with Gasteiger partial charge < -0.3 is 5.73 Å². The van der Waals surface area contributed by atoms with Crippen molar-refractivity contribution in [1.29, 1.82) is 0 Å². The molecule has 1 atom stereocenters. The third-order valence-corrected chi connectivity index (χ3v) is 8.54. The van der Waals surface area contributed by atoms with Gasteiger partial charge in [-0.25, -0.2) is 13.4 Å². The highest BCUT2D eigenvalue weighted by atomic mass is 32.2. The second-order valence-corrected chi connectivity index (χ2v) is 10.3. The quantitative estimate of drug-likeness (QED) is 0.896. The number of sulfonamides is 1. The van der Waals surface area contributed by atoms with Gasteiger partial charge in [0.2, 0.25) is 0 Å². The molecule has 0 saturated carbocycles. The zero-order valence-corrected chi connectivity index (χ0v) is 15.7. The summed E-state index contributed by atoms with van der Waals surface area (Å²) in [6, 6.07) is 3.67. The second-order valence-electron chi connectivity index (χ2n) is 5.97. The first-order valence-corrected chi connectivity index (χ1v) is 10.8. The molecule has 0 amide bonds. The van der Waals surface area contributed by atoms with Crippen LogP contribution >= 0.6 is 22.7 Å². The van der Waals surface area contributed by atoms with E-state index in [1.165, 1.54) is 11.3 Å². The van der Waals surface area contributed by atoms with Gasteiger partial charge in [0.1, 0.15) is 4.21 Å². The van der Waals surface area contributed by atoms with Crippen LogP contribution in [0.1, 0.15) is 24.8 Å². The summed E-state index contributed by atoms with van der Waals surface area (Å²) in [4.78, 5) is 5.33. The fourth-order valence-electron chi connectivity index (χ4n) is 2.84. The Hall–Kier alpha value is -0.800. The molecule has 0 spiro atoms. The van der Waals surface area contributed by atoms with Gasteiger partial charge in [-0.05, 0) is 44.7 Å². The summed E-state index contributed by atoms with van der Waals surface area (Å²) in [6.45, 7) is 5.05. The SMILES string of the molecule is Cc1nc(-c2ccc(S(=O)(=O)N3CCC(C(C)N)CC3)s2)cs1. The first-order chi connectivity index (χ1) is 10.9. The van der Waals surface area contributed by atoms with E-state index in [0.717, 1.165) is 28.4 Å². The van der Waals surface area contributed by atoms with Gasteiger partial charge in [-0.2, -0.15) is 4.31 Å². The standard InChI is InChI=1S/C15H21N3O2S3/c1-10(16)12-5-7-18(8-6-12)23(19,20)15-4-3-14(22-15)13-9-21-11(2)17-13/h3-4,9-10,12H,5-8,16H2,1-2H3. The van der Waals surface area contributed by atoms with Crippen LogP contribution in [0.25, 0.3) is 10.6 Å². The molecule has 1 fully saturated rings. The first-order valence-electron chi connectivity index (χ1n) is 7.66. The predicted molar refractivity (Wildman–Crippen MR) is 95.3 cm³/mol. The minimum Gasteiger partial charge on any atom is -0.328 e. The van der Waals surface area contributed by atoms with Crippen LogP contribution in [0.2, 0.25) is 0 Å². The molecule has 0 aliphatic carbocycles. The molecule has 2 aromatic heterocycles. The minimum atomic E-state index is -3.40. The summed E-state index contributed by atoms with van der Waals surface area (Å²) in [5.41, 5.74) is 6.79. The van der Waals surface area contributed by atoms with Gasteiger partial charge in [-0.1, -0.05) is 0 Å². The van der Waals surface area contributed by atoms with Crippen LogP contribution in [0.15, 0.2) is 21.7 Å². The van der Waals surface area contributed by atoms with Crippen LogP contribution in [-0.2, 0) is 10.0 Å². The minimum absolute atomic E-state index is 0.126. The Labute approximate surface area is 145 Å². The Balaban J connectivity index is 1.77. The molecule has 1 aliphatic rings. The van der Waals surface area contributed by atoms with Gasteiger partial charge in [0, 0.05) is 24.5 Å². The molecule has 3 rings (SSSR count). The number of nitrogens with zero attached hydrogens (tertiary/aromatic N) is 2. The van der Waals surface area contributed by atoms with Crippen LogP contribution in [0.4, 0.5) is 0 Å². The van der Waals surface area contributed by atoms with Gasteiger partial charge in [0.05, 0.1) is 15.6 Å². The van der Waals surface area contributed by atoms with E-state index in [4.69, 9.17) is 5.73 Å². The highest BCUT2D eigenvalue weighted by Crippen LogP contribution is 2.34. The molecular weight excluding hydrogens is 350 g/mol. The van der Waals surface area contributed by atoms with Gasteiger partial charge >= 0.3 is 0 Å². The molecule has 2 aromatic rings. The fourth-order valence-corrected chi connectivity index (χ4v) is 6.42. The molecule has 2 N–H and O–H groups in total. The average molecular weight is 372 g/mol. The number of thiophene rings is 1. The van der Waals surface area contributed by atoms with E-state index in [9.17, 15) is 8.42 Å². The number of nitrogens with two attached hydrogens (primary N) is 1. The molecular formula is C15H21N3O2S3. The largest absolute Gasteiger partial charge is 0.328 e. The summed E-state index contributed by atoms with van der Waals surface area (Å²) in [6.07, 6.45) is 1.67. The van der Waals surface area contributed by atoms with E-state index in [1.54, 1.807) is 21.7 Å². The van der Waals surface area contributed by atoms with Crippen molar-refractivity contribution in [1.82, 2.24) is 9.29 Å². The third-order valence-electron chi connectivity index (χ3n) is 4.29. The highest BCUT2D eigenvalue weighted by molar-refractivity contribution is 7.91. The van der Waals surface area contributed by atoms with Crippen LogP contribution in [0.3, 0.4) is 0 Å². The molecule has 1 unspecified atom stereocenters. The summed E-state index contributed by atoms with van der Waals surface area (Å²) >= 11 is 2.87. The lowest BCUT2D eigenvalue weighted by molar-refractivity contribution is 0.251. The maximum atomic E-state index is 12.8. The van der Waals surface area contributed by atoms with E-state index in [-0.39, 0.29) is 6.04 Å². The molecule has 1 aliphatic heterocycles. The maximum Gasteiger partial charge on any atom is 0.252 e. The normalized spacial score (nSPS) is 19.1. The second kappa shape index (κ2) is 6.60. The monoisotopic (exact) mass is 371 g/mol. The highest BCUT2D eigenvalue weighted by Gasteiger charge is 2.31. The van der Waals surface area contributed by atoms with Crippen molar-refractivity contribution in [2.75, 3.05) is 13.1 Å². The van der Waals surface area contributed by atoms with Crippen molar-refractivity contribution in [3.05, 3.63) is 22.5 Å². The Bertz CT molecular complexity index is 771. The number of aryl methyl sites for hydroxylation is 1. The Morgan fingerprint density at radius 2 is 2.04 bits per heavy atom. The zero-order chi connectivity index (χ0) is 16.6.